The van der Waals surface area contributed by atoms with E-state index in [1.807, 2.05) is 0 Å². The zero-order chi connectivity index (χ0) is 14.0. The molecule has 0 aromatic carbocycles. The summed E-state index contributed by atoms with van der Waals surface area (Å²) in [5.41, 5.74) is 3.21. The van der Waals surface area contributed by atoms with E-state index in [1.54, 1.807) is 13.8 Å². The standard InChI is InChI=1S/C11H16N6O2/c1-5-9(13-6(2)14-10(5)17-12)15-7-3-4-8(18)16-11(7)19/h7H,3-4,12H2,1-2H3,(H,16,18,19)(H2,13,14,15,17). The highest BCUT2D eigenvalue weighted by Crippen LogP contribution is 2.21. The van der Waals surface area contributed by atoms with Crippen LogP contribution in [0.15, 0.2) is 0 Å². The lowest BCUT2D eigenvalue weighted by Crippen LogP contribution is -2.47. The van der Waals surface area contributed by atoms with Gasteiger partial charge in [-0.3, -0.25) is 14.9 Å². The van der Waals surface area contributed by atoms with Gasteiger partial charge in [0.15, 0.2) is 0 Å². The van der Waals surface area contributed by atoms with Crippen molar-refractivity contribution in [2.24, 2.45) is 5.84 Å². The maximum atomic E-state index is 11.7. The average molecular weight is 264 g/mol. The number of nitrogens with two attached hydrogens (primary N) is 1. The monoisotopic (exact) mass is 264 g/mol. The SMILES string of the molecule is Cc1nc(NN)c(C)c(NC2CCC(=O)NC2=O)n1. The Labute approximate surface area is 110 Å². The van der Waals surface area contributed by atoms with Gasteiger partial charge in [0.1, 0.15) is 23.5 Å². The quantitative estimate of drug-likeness (QED) is 0.333. The van der Waals surface area contributed by atoms with E-state index in [9.17, 15) is 9.59 Å². The van der Waals surface area contributed by atoms with Crippen LogP contribution >= 0.6 is 0 Å². The first-order chi connectivity index (χ1) is 9.01. The number of nitrogens with zero attached hydrogens (tertiary/aromatic N) is 2. The highest BCUT2D eigenvalue weighted by atomic mass is 16.2. The molecule has 19 heavy (non-hydrogen) atoms. The summed E-state index contributed by atoms with van der Waals surface area (Å²) in [7, 11) is 0. The molecular weight excluding hydrogens is 248 g/mol. The summed E-state index contributed by atoms with van der Waals surface area (Å²) in [5.74, 6) is 6.36. The van der Waals surface area contributed by atoms with E-state index < -0.39 is 6.04 Å². The normalized spacial score (nSPS) is 19.0. The molecule has 8 heteroatoms. The van der Waals surface area contributed by atoms with Gasteiger partial charge in [0, 0.05) is 12.0 Å². The minimum absolute atomic E-state index is 0.247. The van der Waals surface area contributed by atoms with E-state index in [1.165, 1.54) is 0 Å². The van der Waals surface area contributed by atoms with Gasteiger partial charge in [0.2, 0.25) is 11.8 Å². The van der Waals surface area contributed by atoms with Crippen molar-refractivity contribution in [1.29, 1.82) is 0 Å². The number of imide groups is 1. The number of rotatable bonds is 3. The summed E-state index contributed by atoms with van der Waals surface area (Å²) in [6.07, 6.45) is 0.757. The second-order valence-corrected chi connectivity index (χ2v) is 4.39. The van der Waals surface area contributed by atoms with Gasteiger partial charge in [-0.25, -0.2) is 15.8 Å². The van der Waals surface area contributed by atoms with E-state index in [0.29, 0.717) is 30.3 Å². The summed E-state index contributed by atoms with van der Waals surface area (Å²) >= 11 is 0. The molecule has 1 aromatic heterocycles. The lowest BCUT2D eigenvalue weighted by atomic mass is 10.1. The lowest BCUT2D eigenvalue weighted by molar-refractivity contribution is -0.133. The maximum absolute atomic E-state index is 11.7. The van der Waals surface area contributed by atoms with Gasteiger partial charge in [-0.15, -0.1) is 0 Å². The van der Waals surface area contributed by atoms with Gasteiger partial charge in [-0.1, -0.05) is 0 Å². The number of anilines is 2. The largest absolute Gasteiger partial charge is 0.358 e. The molecule has 0 spiro atoms. The van der Waals surface area contributed by atoms with Crippen LogP contribution in [0.4, 0.5) is 11.6 Å². The molecule has 0 saturated carbocycles. The molecule has 1 aliphatic rings. The molecule has 0 bridgehead atoms. The fraction of sp³-hybridized carbons (Fsp3) is 0.455. The first-order valence-electron chi connectivity index (χ1n) is 5.93. The molecule has 1 atom stereocenters. The smallest absolute Gasteiger partial charge is 0.249 e. The molecule has 0 aliphatic carbocycles. The predicted octanol–water partition coefficient (Wildman–Crippen LogP) is -0.404. The third kappa shape index (κ3) is 2.79. The Bertz CT molecular complexity index is 530. The topological polar surface area (TPSA) is 122 Å². The highest BCUT2D eigenvalue weighted by molar-refractivity contribution is 6.01. The third-order valence-corrected chi connectivity index (χ3v) is 2.94. The van der Waals surface area contributed by atoms with E-state index in [0.717, 1.165) is 5.56 Å². The van der Waals surface area contributed by atoms with Crippen LogP contribution in [0.2, 0.25) is 0 Å². The molecule has 8 nitrogen and oxygen atoms in total. The van der Waals surface area contributed by atoms with Crippen LogP contribution in [0.3, 0.4) is 0 Å². The van der Waals surface area contributed by atoms with Crippen LogP contribution in [0.25, 0.3) is 0 Å². The van der Waals surface area contributed by atoms with Crippen molar-refractivity contribution in [1.82, 2.24) is 15.3 Å². The Balaban J connectivity index is 2.21. The number of carbonyl (C=O) groups excluding carboxylic acids is 2. The van der Waals surface area contributed by atoms with Crippen molar-refractivity contribution in [3.05, 3.63) is 11.4 Å². The molecule has 1 fully saturated rings. The second kappa shape index (κ2) is 5.19. The van der Waals surface area contributed by atoms with Crippen molar-refractivity contribution in [2.45, 2.75) is 32.7 Å². The number of aromatic nitrogens is 2. The predicted molar refractivity (Wildman–Crippen MR) is 69.1 cm³/mol. The van der Waals surface area contributed by atoms with E-state index in [-0.39, 0.29) is 11.8 Å². The molecular formula is C11H16N6O2. The molecule has 0 radical (unpaired) electrons. The first-order valence-corrected chi connectivity index (χ1v) is 5.93. The second-order valence-electron chi connectivity index (χ2n) is 4.39. The number of aryl methyl sites for hydroxylation is 1. The summed E-state index contributed by atoms with van der Waals surface area (Å²) in [6.45, 7) is 3.53. The minimum Gasteiger partial charge on any atom is -0.358 e. The highest BCUT2D eigenvalue weighted by Gasteiger charge is 2.27. The number of nitrogens with one attached hydrogen (secondary N) is 3. The molecule has 1 aromatic rings. The van der Waals surface area contributed by atoms with Gasteiger partial charge in [0.05, 0.1) is 0 Å². The maximum Gasteiger partial charge on any atom is 0.249 e. The van der Waals surface area contributed by atoms with Crippen molar-refractivity contribution in [3.63, 3.8) is 0 Å². The molecule has 1 saturated heterocycles. The lowest BCUT2D eigenvalue weighted by Gasteiger charge is -2.23. The number of nitrogen functional groups attached to an aromatic ring is 1. The van der Waals surface area contributed by atoms with Gasteiger partial charge < -0.3 is 10.7 Å². The molecule has 2 heterocycles. The van der Waals surface area contributed by atoms with Gasteiger partial charge in [-0.2, -0.15) is 0 Å². The number of carbonyl (C=O) groups is 2. The summed E-state index contributed by atoms with van der Waals surface area (Å²) in [6, 6.07) is -0.476. The summed E-state index contributed by atoms with van der Waals surface area (Å²) in [4.78, 5) is 31.1. The van der Waals surface area contributed by atoms with Gasteiger partial charge in [-0.05, 0) is 20.3 Å². The van der Waals surface area contributed by atoms with Crippen LogP contribution in [-0.2, 0) is 9.59 Å². The fourth-order valence-electron chi connectivity index (χ4n) is 1.91. The van der Waals surface area contributed by atoms with Crippen LogP contribution in [-0.4, -0.2) is 27.8 Å². The molecule has 2 rings (SSSR count). The van der Waals surface area contributed by atoms with E-state index >= 15 is 0 Å². The molecule has 5 N–H and O–H groups in total. The first kappa shape index (κ1) is 13.2. The molecule has 1 aliphatic heterocycles. The van der Waals surface area contributed by atoms with Crippen molar-refractivity contribution >= 4 is 23.5 Å². The molecule has 2 amide bonds. The average Bonchev–Trinajstić information content (AvgIpc) is 2.36. The summed E-state index contributed by atoms with van der Waals surface area (Å²) in [5, 5.41) is 5.31. The van der Waals surface area contributed by atoms with Crippen molar-refractivity contribution in [2.75, 3.05) is 10.7 Å². The Hall–Kier alpha value is -2.22. The Morgan fingerprint density at radius 1 is 1.26 bits per heavy atom. The number of hydrogen-bond donors (Lipinski definition) is 4. The number of amides is 2. The summed E-state index contributed by atoms with van der Waals surface area (Å²) < 4.78 is 0. The molecule has 102 valence electrons. The van der Waals surface area contributed by atoms with Crippen molar-refractivity contribution < 1.29 is 9.59 Å². The Morgan fingerprint density at radius 2 is 1.95 bits per heavy atom. The van der Waals surface area contributed by atoms with Crippen LogP contribution in [0, 0.1) is 13.8 Å². The zero-order valence-corrected chi connectivity index (χ0v) is 10.8. The Kier molecular flexibility index (Phi) is 3.61. The van der Waals surface area contributed by atoms with Crippen LogP contribution < -0.4 is 21.9 Å². The minimum atomic E-state index is -0.476. The van der Waals surface area contributed by atoms with E-state index in [2.05, 4.69) is 26.0 Å². The number of hydrazine groups is 1. The Morgan fingerprint density at radius 3 is 2.58 bits per heavy atom. The van der Waals surface area contributed by atoms with Crippen molar-refractivity contribution in [3.8, 4) is 0 Å². The zero-order valence-electron chi connectivity index (χ0n) is 10.8. The van der Waals surface area contributed by atoms with Crippen LogP contribution in [0.5, 0.6) is 0 Å². The van der Waals surface area contributed by atoms with Gasteiger partial charge >= 0.3 is 0 Å². The van der Waals surface area contributed by atoms with Gasteiger partial charge in [0.25, 0.3) is 0 Å². The van der Waals surface area contributed by atoms with Crippen LogP contribution in [0.1, 0.15) is 24.2 Å². The molecule has 1 unspecified atom stereocenters. The van der Waals surface area contributed by atoms with E-state index in [4.69, 9.17) is 5.84 Å². The fourth-order valence-corrected chi connectivity index (χ4v) is 1.91. The third-order valence-electron chi connectivity index (χ3n) is 2.94. The number of piperidine rings is 1. The number of hydrogen-bond acceptors (Lipinski definition) is 7.